The highest BCUT2D eigenvalue weighted by atomic mass is 79.9. The number of hydrogen-bond donors (Lipinski definition) is 0. The van der Waals surface area contributed by atoms with E-state index in [1.807, 2.05) is 7.11 Å². The Morgan fingerprint density at radius 2 is 1.35 bits per heavy atom. The highest BCUT2D eigenvalue weighted by molar-refractivity contribution is 9.09. The molecule has 57 heavy (non-hydrogen) atoms. The third-order valence-electron chi connectivity index (χ3n) is 16.1. The molecule has 4 saturated carbocycles. The van der Waals surface area contributed by atoms with Crippen LogP contribution in [0.1, 0.15) is 201 Å². The lowest BCUT2D eigenvalue weighted by molar-refractivity contribution is -0.134. The second-order valence-corrected chi connectivity index (χ2v) is 24.5. The third-order valence-corrected chi connectivity index (χ3v) is 18.4. The van der Waals surface area contributed by atoms with Gasteiger partial charge in [-0.2, -0.15) is 0 Å². The summed E-state index contributed by atoms with van der Waals surface area (Å²) in [6, 6.07) is 0. The average molecular weight is 878 g/mol. The predicted octanol–water partition coefficient (Wildman–Crippen LogP) is 15.9. The fourth-order valence-electron chi connectivity index (χ4n) is 12.7. The Kier molecular flexibility index (Phi) is 23.1. The Labute approximate surface area is 364 Å². The van der Waals surface area contributed by atoms with Gasteiger partial charge in [0.1, 0.15) is 6.29 Å². The van der Waals surface area contributed by atoms with Gasteiger partial charge in [-0.25, -0.2) is 0 Å². The minimum atomic E-state index is -2.29. The van der Waals surface area contributed by atoms with Gasteiger partial charge in [0, 0.05) is 25.7 Å². The fraction of sp³-hybridized carbons (Fsp3) is 0.922. The van der Waals surface area contributed by atoms with Crippen molar-refractivity contribution >= 4 is 24.5 Å². The Balaban J connectivity index is 1.21. The maximum atomic E-state index is 6.85. The standard InChI is InChI=1S/C51H93BrO4Si/c1-8-9-10-11-12-13-14-15-16-17-18-19-20-21-23-26-39-54-49(56-57(6,7)55-40-27-24-22-25-38-52)33-28-42(2)46-31-32-47-45-30-29-43-41-44(53-5)34-36-50(43,3)48(45)35-37-51(46,47)4/h12-13,15-16,42-49H,8-11,14,17-41H2,1-7H3/b13-12-,16-15-/t42-,43?,44-,45?,46?,47?,48?,49?,50+,51-/m1/s1. The summed E-state index contributed by atoms with van der Waals surface area (Å²) in [7, 11) is -0.352. The fourth-order valence-corrected chi connectivity index (χ4v) is 14.6. The van der Waals surface area contributed by atoms with Crippen molar-refractivity contribution in [2.24, 2.45) is 46.3 Å². The SMILES string of the molecule is CCCCC/C=C\C/C=C\CCCCCCCCOC(CC[C@@H](C)C1CCC2C3CCC4C[C@H](OC)CC[C@]4(C)C3CC[C@@]21C)O[Si](C)(C)OCCCCCCBr. The van der Waals surface area contributed by atoms with E-state index in [4.69, 9.17) is 18.3 Å². The number of rotatable bonds is 30. The minimum absolute atomic E-state index is 0.140. The normalized spacial score (nSPS) is 31.4. The van der Waals surface area contributed by atoms with Crippen molar-refractivity contribution in [2.45, 2.75) is 227 Å². The van der Waals surface area contributed by atoms with Crippen LogP contribution in [0.5, 0.6) is 0 Å². The van der Waals surface area contributed by atoms with Gasteiger partial charge in [-0.15, -0.1) is 0 Å². The molecule has 4 rings (SSSR count). The molecular formula is C51H93BrO4Si. The molecule has 0 bridgehead atoms. The van der Waals surface area contributed by atoms with Gasteiger partial charge in [-0.05, 0) is 181 Å². The lowest BCUT2D eigenvalue weighted by Gasteiger charge is -2.61. The van der Waals surface area contributed by atoms with Gasteiger partial charge >= 0.3 is 8.56 Å². The van der Waals surface area contributed by atoms with E-state index < -0.39 is 8.56 Å². The van der Waals surface area contributed by atoms with Crippen molar-refractivity contribution < 1.29 is 18.3 Å². The van der Waals surface area contributed by atoms with Gasteiger partial charge in [-0.1, -0.05) is 119 Å². The van der Waals surface area contributed by atoms with Crippen LogP contribution in [0.4, 0.5) is 0 Å². The van der Waals surface area contributed by atoms with Crippen molar-refractivity contribution in [3.05, 3.63) is 24.3 Å². The first-order valence-electron chi connectivity index (χ1n) is 24.9. The molecule has 0 spiro atoms. The molecule has 4 nitrogen and oxygen atoms in total. The number of alkyl halides is 1. The molecule has 4 aliphatic rings. The summed E-state index contributed by atoms with van der Waals surface area (Å²) < 4.78 is 25.9. The molecule has 0 aromatic heterocycles. The van der Waals surface area contributed by atoms with E-state index in [0.717, 1.165) is 73.8 Å². The monoisotopic (exact) mass is 877 g/mol. The zero-order chi connectivity index (χ0) is 41.0. The first-order chi connectivity index (χ1) is 27.6. The number of ether oxygens (including phenoxy) is 2. The van der Waals surface area contributed by atoms with Gasteiger partial charge in [-0.3, -0.25) is 0 Å². The zero-order valence-corrected chi connectivity index (χ0v) is 41.2. The molecule has 0 amide bonds. The van der Waals surface area contributed by atoms with Crippen molar-refractivity contribution in [2.75, 3.05) is 25.7 Å². The zero-order valence-electron chi connectivity index (χ0n) is 38.7. The summed E-state index contributed by atoms with van der Waals surface area (Å²) >= 11 is 3.57. The van der Waals surface area contributed by atoms with Crippen molar-refractivity contribution in [3.8, 4) is 0 Å². The van der Waals surface area contributed by atoms with Crippen LogP contribution in [0, 0.1) is 46.3 Å². The van der Waals surface area contributed by atoms with Crippen molar-refractivity contribution in [1.29, 1.82) is 0 Å². The van der Waals surface area contributed by atoms with E-state index in [1.165, 1.54) is 148 Å². The highest BCUT2D eigenvalue weighted by Gasteiger charge is 2.60. The van der Waals surface area contributed by atoms with Crippen LogP contribution < -0.4 is 0 Å². The van der Waals surface area contributed by atoms with Crippen molar-refractivity contribution in [3.63, 3.8) is 0 Å². The van der Waals surface area contributed by atoms with Gasteiger partial charge in [0.2, 0.25) is 0 Å². The van der Waals surface area contributed by atoms with Crippen LogP contribution in [-0.4, -0.2) is 46.6 Å². The van der Waals surface area contributed by atoms with Crippen LogP contribution in [0.2, 0.25) is 13.1 Å². The van der Waals surface area contributed by atoms with E-state index >= 15 is 0 Å². The molecule has 0 aromatic carbocycles. The number of fused-ring (bicyclic) bond motifs is 5. The smallest absolute Gasteiger partial charge is 0.333 e. The number of halogens is 1. The Morgan fingerprint density at radius 1 is 0.702 bits per heavy atom. The maximum absolute atomic E-state index is 6.85. The van der Waals surface area contributed by atoms with Gasteiger partial charge in [0.05, 0.1) is 6.10 Å². The van der Waals surface area contributed by atoms with Gasteiger partial charge < -0.3 is 18.3 Å². The summed E-state index contributed by atoms with van der Waals surface area (Å²) in [5, 5.41) is 1.10. The Morgan fingerprint density at radius 3 is 2.07 bits per heavy atom. The molecule has 4 aliphatic carbocycles. The van der Waals surface area contributed by atoms with Crippen LogP contribution in [0.3, 0.4) is 0 Å². The quantitative estimate of drug-likeness (QED) is 0.0237. The molecule has 10 atom stereocenters. The van der Waals surface area contributed by atoms with Crippen LogP contribution in [-0.2, 0) is 18.3 Å². The maximum Gasteiger partial charge on any atom is 0.333 e. The van der Waals surface area contributed by atoms with Crippen LogP contribution in [0.15, 0.2) is 24.3 Å². The lowest BCUT2D eigenvalue weighted by atomic mass is 9.44. The van der Waals surface area contributed by atoms with E-state index in [0.29, 0.717) is 22.9 Å². The van der Waals surface area contributed by atoms with E-state index in [9.17, 15) is 0 Å². The highest BCUT2D eigenvalue weighted by Crippen LogP contribution is 2.68. The third kappa shape index (κ3) is 15.7. The Bertz CT molecular complexity index is 1130. The summed E-state index contributed by atoms with van der Waals surface area (Å²) in [5.41, 5.74) is 1.04. The summed E-state index contributed by atoms with van der Waals surface area (Å²) in [6.07, 6.45) is 44.8. The van der Waals surface area contributed by atoms with E-state index in [-0.39, 0.29) is 6.29 Å². The summed E-state index contributed by atoms with van der Waals surface area (Å²) in [4.78, 5) is 0. The largest absolute Gasteiger partial charge is 0.394 e. The number of hydrogen-bond acceptors (Lipinski definition) is 4. The minimum Gasteiger partial charge on any atom is -0.394 e. The van der Waals surface area contributed by atoms with Crippen LogP contribution >= 0.6 is 15.9 Å². The first kappa shape index (κ1) is 49.7. The van der Waals surface area contributed by atoms with Crippen molar-refractivity contribution in [1.82, 2.24) is 0 Å². The topological polar surface area (TPSA) is 36.9 Å². The lowest BCUT2D eigenvalue weighted by Crippen LogP contribution is -2.54. The number of allylic oxidation sites excluding steroid dienone is 4. The Hall–Kier alpha value is 0.0169. The average Bonchev–Trinajstić information content (AvgIpc) is 3.56. The molecule has 0 aliphatic heterocycles. The first-order valence-corrected chi connectivity index (χ1v) is 28.8. The van der Waals surface area contributed by atoms with E-state index in [2.05, 4.69) is 81.0 Å². The predicted molar refractivity (Wildman–Crippen MR) is 250 cm³/mol. The second kappa shape index (κ2) is 26.5. The molecule has 4 fully saturated rings. The molecule has 332 valence electrons. The molecule has 0 saturated heterocycles. The second-order valence-electron chi connectivity index (χ2n) is 20.4. The molecule has 0 radical (unpaired) electrons. The molecule has 0 N–H and O–H groups in total. The van der Waals surface area contributed by atoms with Gasteiger partial charge in [0.25, 0.3) is 0 Å². The molecule has 0 aromatic rings. The number of methoxy groups -OCH3 is 1. The van der Waals surface area contributed by atoms with Crippen LogP contribution in [0.25, 0.3) is 0 Å². The molecular weight excluding hydrogens is 785 g/mol. The summed E-state index contributed by atoms with van der Waals surface area (Å²) in [6.45, 7) is 16.4. The molecule has 6 heteroatoms. The molecule has 0 heterocycles. The van der Waals surface area contributed by atoms with E-state index in [1.54, 1.807) is 0 Å². The molecule has 6 unspecified atom stereocenters. The van der Waals surface area contributed by atoms with Gasteiger partial charge in [0.15, 0.2) is 0 Å². The number of unbranched alkanes of at least 4 members (excludes halogenated alkanes) is 12. The summed E-state index contributed by atoms with van der Waals surface area (Å²) in [5.74, 6) is 5.20.